The molecule has 0 saturated heterocycles. The Hall–Kier alpha value is -1.60. The van der Waals surface area contributed by atoms with Gasteiger partial charge in [-0.1, -0.05) is 75.4 Å². The van der Waals surface area contributed by atoms with Crippen molar-refractivity contribution in [3.05, 3.63) is 71.3 Å². The van der Waals surface area contributed by atoms with Crippen LogP contribution in [0.2, 0.25) is 0 Å². The second-order valence-corrected chi connectivity index (χ2v) is 8.99. The molecule has 0 bridgehead atoms. The topological polar surface area (TPSA) is 20.2 Å². The Morgan fingerprint density at radius 3 is 2.36 bits per heavy atom. The molecule has 2 aromatic rings. The van der Waals surface area contributed by atoms with E-state index >= 15 is 0 Å². The van der Waals surface area contributed by atoms with E-state index in [0.29, 0.717) is 11.8 Å². The summed E-state index contributed by atoms with van der Waals surface area (Å²) in [5.41, 5.74) is 4.53. The fourth-order valence-electron chi connectivity index (χ4n) is 6.14. The van der Waals surface area contributed by atoms with Crippen molar-refractivity contribution >= 4 is 0 Å². The van der Waals surface area contributed by atoms with E-state index in [1.165, 1.54) is 19.3 Å². The molecule has 1 N–H and O–H groups in total. The van der Waals surface area contributed by atoms with Crippen molar-refractivity contribution in [1.82, 2.24) is 0 Å². The standard InChI is InChI=1S/C24H30O/c1-23(2)20(22(25)18-10-5-4-6-11-18)15-16-24(3)19-12-8-7-9-17(19)13-14-21(23)24/h4-12,20-22,25H,13-16H2,1-3H3/t20-,21+,22?,24-/m1/s1. The van der Waals surface area contributed by atoms with Crippen molar-refractivity contribution in [2.24, 2.45) is 17.3 Å². The molecule has 4 atom stereocenters. The highest BCUT2D eigenvalue weighted by Gasteiger charge is 2.54. The van der Waals surface area contributed by atoms with Crippen molar-refractivity contribution < 1.29 is 5.11 Å². The predicted molar refractivity (Wildman–Crippen MR) is 104 cm³/mol. The van der Waals surface area contributed by atoms with E-state index in [1.54, 1.807) is 11.1 Å². The van der Waals surface area contributed by atoms with E-state index in [4.69, 9.17) is 0 Å². The van der Waals surface area contributed by atoms with Gasteiger partial charge >= 0.3 is 0 Å². The maximum absolute atomic E-state index is 11.2. The van der Waals surface area contributed by atoms with Gasteiger partial charge in [0.2, 0.25) is 0 Å². The molecule has 132 valence electrons. The number of aliphatic hydroxyl groups is 1. The molecule has 25 heavy (non-hydrogen) atoms. The number of benzene rings is 2. The molecule has 0 heterocycles. The summed E-state index contributed by atoms with van der Waals surface area (Å²) in [5, 5.41) is 11.2. The van der Waals surface area contributed by atoms with Gasteiger partial charge in [-0.2, -0.15) is 0 Å². The molecule has 1 saturated carbocycles. The minimum absolute atomic E-state index is 0.121. The first-order valence-corrected chi connectivity index (χ1v) is 9.76. The molecule has 4 rings (SSSR count). The van der Waals surface area contributed by atoms with E-state index in [1.807, 2.05) is 18.2 Å². The van der Waals surface area contributed by atoms with Crippen LogP contribution in [0.1, 0.15) is 62.8 Å². The molecule has 0 radical (unpaired) electrons. The van der Waals surface area contributed by atoms with Crippen LogP contribution < -0.4 is 0 Å². The van der Waals surface area contributed by atoms with Crippen LogP contribution in [0.25, 0.3) is 0 Å². The lowest BCUT2D eigenvalue weighted by atomic mass is 9.46. The highest BCUT2D eigenvalue weighted by molar-refractivity contribution is 5.39. The van der Waals surface area contributed by atoms with Crippen LogP contribution in [-0.2, 0) is 11.8 Å². The minimum atomic E-state index is -0.363. The van der Waals surface area contributed by atoms with E-state index in [9.17, 15) is 5.11 Å². The molecule has 1 fully saturated rings. The first-order valence-electron chi connectivity index (χ1n) is 9.76. The molecule has 0 aliphatic heterocycles. The minimum Gasteiger partial charge on any atom is -0.388 e. The number of aryl methyl sites for hydroxylation is 1. The summed E-state index contributed by atoms with van der Waals surface area (Å²) in [6.07, 6.45) is 4.31. The molecule has 0 amide bonds. The summed E-state index contributed by atoms with van der Waals surface area (Å²) >= 11 is 0. The van der Waals surface area contributed by atoms with Crippen LogP contribution in [0.5, 0.6) is 0 Å². The highest BCUT2D eigenvalue weighted by Crippen LogP contribution is 2.61. The predicted octanol–water partition coefficient (Wildman–Crippen LogP) is 5.68. The number of hydrogen-bond acceptors (Lipinski definition) is 1. The van der Waals surface area contributed by atoms with Gasteiger partial charge in [-0.15, -0.1) is 0 Å². The van der Waals surface area contributed by atoms with Crippen LogP contribution in [0.4, 0.5) is 0 Å². The first-order chi connectivity index (χ1) is 11.9. The van der Waals surface area contributed by atoms with Gasteiger partial charge in [0.25, 0.3) is 0 Å². The largest absolute Gasteiger partial charge is 0.388 e. The van der Waals surface area contributed by atoms with Gasteiger partial charge in [0.1, 0.15) is 0 Å². The zero-order chi connectivity index (χ0) is 17.7. The van der Waals surface area contributed by atoms with Gasteiger partial charge < -0.3 is 5.11 Å². The molecule has 1 unspecified atom stereocenters. The van der Waals surface area contributed by atoms with E-state index in [0.717, 1.165) is 12.0 Å². The van der Waals surface area contributed by atoms with Gasteiger partial charge in [0, 0.05) is 0 Å². The fraction of sp³-hybridized carbons (Fsp3) is 0.500. The van der Waals surface area contributed by atoms with Crippen LogP contribution in [0.15, 0.2) is 54.6 Å². The Balaban J connectivity index is 1.70. The molecular formula is C24H30O. The van der Waals surface area contributed by atoms with E-state index in [-0.39, 0.29) is 16.9 Å². The molecular weight excluding hydrogens is 304 g/mol. The average molecular weight is 335 g/mol. The average Bonchev–Trinajstić information content (AvgIpc) is 2.62. The highest BCUT2D eigenvalue weighted by atomic mass is 16.3. The molecule has 0 aromatic heterocycles. The van der Waals surface area contributed by atoms with Gasteiger partial charge in [-0.3, -0.25) is 0 Å². The van der Waals surface area contributed by atoms with Crippen LogP contribution >= 0.6 is 0 Å². The first kappa shape index (κ1) is 16.8. The van der Waals surface area contributed by atoms with Crippen LogP contribution in [-0.4, -0.2) is 5.11 Å². The lowest BCUT2D eigenvalue weighted by Gasteiger charge is -2.58. The summed E-state index contributed by atoms with van der Waals surface area (Å²) < 4.78 is 0. The lowest BCUT2D eigenvalue weighted by Crippen LogP contribution is -2.53. The zero-order valence-corrected chi connectivity index (χ0v) is 15.7. The van der Waals surface area contributed by atoms with E-state index in [2.05, 4.69) is 57.2 Å². The molecule has 1 nitrogen and oxygen atoms in total. The maximum Gasteiger partial charge on any atom is 0.0823 e. The third-order valence-corrected chi connectivity index (χ3v) is 7.45. The summed E-state index contributed by atoms with van der Waals surface area (Å²) in [6, 6.07) is 19.3. The molecule has 0 spiro atoms. The Morgan fingerprint density at radius 2 is 1.60 bits per heavy atom. The van der Waals surface area contributed by atoms with Crippen molar-refractivity contribution in [3.63, 3.8) is 0 Å². The molecule has 2 aliphatic rings. The number of hydrogen-bond donors (Lipinski definition) is 1. The number of fused-ring (bicyclic) bond motifs is 3. The lowest BCUT2D eigenvalue weighted by molar-refractivity contribution is -0.0726. The normalized spacial score (nSPS) is 31.7. The summed E-state index contributed by atoms with van der Waals surface area (Å²) in [7, 11) is 0. The monoisotopic (exact) mass is 334 g/mol. The Kier molecular flexibility index (Phi) is 4.03. The smallest absolute Gasteiger partial charge is 0.0823 e. The third-order valence-electron chi connectivity index (χ3n) is 7.45. The molecule has 2 aliphatic carbocycles. The third kappa shape index (κ3) is 2.56. The number of aliphatic hydroxyl groups excluding tert-OH is 1. The van der Waals surface area contributed by atoms with E-state index < -0.39 is 0 Å². The maximum atomic E-state index is 11.2. The number of rotatable bonds is 2. The van der Waals surface area contributed by atoms with Gasteiger partial charge in [0.15, 0.2) is 0 Å². The van der Waals surface area contributed by atoms with Crippen LogP contribution in [0, 0.1) is 17.3 Å². The molecule has 2 aromatic carbocycles. The zero-order valence-electron chi connectivity index (χ0n) is 15.7. The van der Waals surface area contributed by atoms with Crippen molar-refractivity contribution in [2.75, 3.05) is 0 Å². The molecule has 1 heteroatoms. The van der Waals surface area contributed by atoms with Gasteiger partial charge in [0.05, 0.1) is 6.10 Å². The van der Waals surface area contributed by atoms with Crippen molar-refractivity contribution in [3.8, 4) is 0 Å². The second-order valence-electron chi connectivity index (χ2n) is 8.99. The SMILES string of the molecule is CC1(C)[C@@H](C(O)c2ccccc2)CC[C@]2(C)c3ccccc3CC[C@@H]12. The van der Waals surface area contributed by atoms with Crippen LogP contribution in [0.3, 0.4) is 0 Å². The fourth-order valence-corrected chi connectivity index (χ4v) is 6.14. The Bertz CT molecular complexity index is 748. The second kappa shape index (κ2) is 5.99. The Morgan fingerprint density at radius 1 is 0.920 bits per heavy atom. The summed E-state index contributed by atoms with van der Waals surface area (Å²) in [4.78, 5) is 0. The van der Waals surface area contributed by atoms with Gasteiger partial charge in [-0.25, -0.2) is 0 Å². The van der Waals surface area contributed by atoms with Gasteiger partial charge in [-0.05, 0) is 65.0 Å². The quantitative estimate of drug-likeness (QED) is 0.749. The summed E-state index contributed by atoms with van der Waals surface area (Å²) in [6.45, 7) is 7.28. The van der Waals surface area contributed by atoms with Crippen molar-refractivity contribution in [2.45, 2.75) is 58.0 Å². The van der Waals surface area contributed by atoms with Crippen molar-refractivity contribution in [1.29, 1.82) is 0 Å². The summed E-state index contributed by atoms with van der Waals surface area (Å²) in [5.74, 6) is 0.935. The Labute approximate surface area is 152 Å².